The minimum Gasteiger partial charge on any atom is -0.478 e. The number of allylic oxidation sites excluding steroid dienone is 5. The molecule has 0 atom stereocenters. The second-order valence-corrected chi connectivity index (χ2v) is 5.13. The first kappa shape index (κ1) is 28.0. The van der Waals surface area contributed by atoms with Crippen molar-refractivity contribution in [1.82, 2.24) is 0 Å². The zero-order valence-electron chi connectivity index (χ0n) is 14.3. The maximum Gasteiger partial charge on any atom is 2.00 e. The van der Waals surface area contributed by atoms with Gasteiger partial charge in [0.1, 0.15) is 0 Å². The summed E-state index contributed by atoms with van der Waals surface area (Å²) in [5.41, 5.74) is 0. The van der Waals surface area contributed by atoms with Gasteiger partial charge in [0.05, 0.1) is 0 Å². The molecule has 0 unspecified atom stereocenters. The zero-order chi connectivity index (χ0) is 14.9. The summed E-state index contributed by atoms with van der Waals surface area (Å²) in [6.45, 7) is 2.26. The van der Waals surface area contributed by atoms with Gasteiger partial charge in [-0.1, -0.05) is 88.7 Å². The van der Waals surface area contributed by atoms with Gasteiger partial charge in [-0.25, -0.2) is 4.79 Å². The van der Waals surface area contributed by atoms with Gasteiger partial charge in [-0.05, 0) is 12.8 Å². The van der Waals surface area contributed by atoms with E-state index >= 15 is 0 Å². The molecule has 4 heteroatoms. The third-order valence-electron chi connectivity index (χ3n) is 3.18. The Labute approximate surface area is 196 Å². The molecule has 22 heavy (non-hydrogen) atoms. The van der Waals surface area contributed by atoms with E-state index in [2.05, 4.69) is 13.0 Å². The molecule has 0 aromatic heterocycles. The van der Waals surface area contributed by atoms with E-state index in [-0.39, 0.29) is 75.5 Å². The Morgan fingerprint density at radius 1 is 0.773 bits per heavy atom. The third-order valence-corrected chi connectivity index (χ3v) is 3.18. The van der Waals surface area contributed by atoms with Gasteiger partial charge in [0.15, 0.2) is 0 Å². The van der Waals surface area contributed by atoms with Crippen molar-refractivity contribution in [3.05, 3.63) is 36.5 Å². The van der Waals surface area contributed by atoms with Crippen LogP contribution < -0.4 is 0 Å². The second-order valence-electron chi connectivity index (χ2n) is 5.13. The van der Waals surface area contributed by atoms with Crippen molar-refractivity contribution in [2.45, 2.75) is 71.1 Å². The minimum absolute atomic E-state index is 0. The van der Waals surface area contributed by atoms with Crippen LogP contribution in [0.4, 0.5) is 0 Å². The summed E-state index contributed by atoms with van der Waals surface area (Å²) in [6.07, 6.45) is 23.7. The van der Waals surface area contributed by atoms with Crippen LogP contribution in [0.25, 0.3) is 0 Å². The molecule has 0 aliphatic heterocycles. The van der Waals surface area contributed by atoms with Crippen molar-refractivity contribution < 1.29 is 9.90 Å². The number of carbonyl (C=O) groups is 1. The number of hydrogen-bond donors (Lipinski definition) is 1. The average Bonchev–Trinajstić information content (AvgIpc) is 2.43. The molecule has 0 heterocycles. The van der Waals surface area contributed by atoms with E-state index in [0.717, 1.165) is 12.5 Å². The van der Waals surface area contributed by atoms with Gasteiger partial charge < -0.3 is 5.11 Å². The van der Waals surface area contributed by atoms with Crippen LogP contribution in [-0.2, 0) is 4.79 Å². The predicted molar refractivity (Wildman–Crippen MR) is 98.4 cm³/mol. The molecule has 0 rings (SSSR count). The SMILES string of the molecule is CCCCCCCCCCC/C=C/C=C/C=C/C(=O)O.[Ca+2].[Ca+2]. The fraction of sp³-hybridized carbons (Fsp3) is 0.611. The van der Waals surface area contributed by atoms with E-state index in [1.54, 1.807) is 6.08 Å². The normalized spacial score (nSPS) is 11.0. The Morgan fingerprint density at radius 3 is 1.82 bits per heavy atom. The fourth-order valence-corrected chi connectivity index (χ4v) is 2.01. The Hall–Kier alpha value is 1.21. The van der Waals surface area contributed by atoms with Crippen LogP contribution >= 0.6 is 0 Å². The van der Waals surface area contributed by atoms with Crippen LogP contribution in [0, 0.1) is 0 Å². The van der Waals surface area contributed by atoms with Gasteiger partial charge in [-0.2, -0.15) is 0 Å². The van der Waals surface area contributed by atoms with E-state index < -0.39 is 5.97 Å². The maximum atomic E-state index is 10.2. The van der Waals surface area contributed by atoms with Crippen molar-refractivity contribution in [3.8, 4) is 0 Å². The summed E-state index contributed by atoms with van der Waals surface area (Å²) in [4.78, 5) is 10.2. The summed E-state index contributed by atoms with van der Waals surface area (Å²) in [6, 6.07) is 0. The summed E-state index contributed by atoms with van der Waals surface area (Å²) in [5, 5.41) is 8.38. The molecular formula is C18H30Ca2O2+4. The number of hydrogen-bond acceptors (Lipinski definition) is 1. The molecule has 0 aromatic carbocycles. The van der Waals surface area contributed by atoms with Crippen LogP contribution in [0.2, 0.25) is 0 Å². The van der Waals surface area contributed by atoms with Gasteiger partial charge in [0.2, 0.25) is 0 Å². The summed E-state index contributed by atoms with van der Waals surface area (Å²) >= 11 is 0. The monoisotopic (exact) mass is 358 g/mol. The summed E-state index contributed by atoms with van der Waals surface area (Å²) < 4.78 is 0. The van der Waals surface area contributed by atoms with Crippen LogP contribution in [0.1, 0.15) is 71.1 Å². The molecule has 0 aromatic rings. The standard InChI is InChI=1S/C18H30O2.2Ca/c1-2-3-4-5-6-7-8-9-10-11-12-13-14-15-16-17-18(19)20;;/h12-17H,2-11H2,1H3,(H,19,20);;/q;2*+2/b13-12+,15-14+,17-16+;;. The quantitative estimate of drug-likeness (QED) is 0.220. The van der Waals surface area contributed by atoms with Crippen molar-refractivity contribution in [1.29, 1.82) is 0 Å². The van der Waals surface area contributed by atoms with Crippen LogP contribution in [-0.4, -0.2) is 86.6 Å². The topological polar surface area (TPSA) is 37.3 Å². The van der Waals surface area contributed by atoms with E-state index in [1.165, 1.54) is 63.9 Å². The molecule has 0 saturated heterocycles. The van der Waals surface area contributed by atoms with Crippen molar-refractivity contribution >= 4 is 81.4 Å². The number of aliphatic carboxylic acids is 1. The first-order valence-corrected chi connectivity index (χ1v) is 8.00. The third kappa shape index (κ3) is 26.1. The van der Waals surface area contributed by atoms with Gasteiger partial charge in [-0.3, -0.25) is 0 Å². The number of rotatable bonds is 13. The zero-order valence-corrected chi connectivity index (χ0v) is 18.7. The second kappa shape index (κ2) is 24.5. The number of unbranched alkanes of at least 4 members (excludes halogenated alkanes) is 9. The molecule has 0 radical (unpaired) electrons. The van der Waals surface area contributed by atoms with Gasteiger partial charge in [0, 0.05) is 6.08 Å². The van der Waals surface area contributed by atoms with Crippen LogP contribution in [0.15, 0.2) is 36.5 Å². The molecule has 0 saturated carbocycles. The van der Waals surface area contributed by atoms with Crippen LogP contribution in [0.5, 0.6) is 0 Å². The van der Waals surface area contributed by atoms with Crippen molar-refractivity contribution in [2.24, 2.45) is 0 Å². The first-order valence-electron chi connectivity index (χ1n) is 8.00. The molecule has 0 aliphatic carbocycles. The van der Waals surface area contributed by atoms with Crippen LogP contribution in [0.3, 0.4) is 0 Å². The Kier molecular flexibility index (Phi) is 31.2. The van der Waals surface area contributed by atoms with Crippen molar-refractivity contribution in [2.75, 3.05) is 0 Å². The van der Waals surface area contributed by atoms with E-state index in [1.807, 2.05) is 12.2 Å². The molecule has 1 N–H and O–H groups in total. The van der Waals surface area contributed by atoms with E-state index in [9.17, 15) is 4.79 Å². The molecule has 0 fully saturated rings. The van der Waals surface area contributed by atoms with Gasteiger partial charge in [0.25, 0.3) is 0 Å². The van der Waals surface area contributed by atoms with E-state index in [0.29, 0.717) is 0 Å². The summed E-state index contributed by atoms with van der Waals surface area (Å²) in [5.74, 6) is -0.909. The maximum absolute atomic E-state index is 10.2. The Balaban J connectivity index is -0.00000180. The average molecular weight is 359 g/mol. The van der Waals surface area contributed by atoms with Crippen molar-refractivity contribution in [3.63, 3.8) is 0 Å². The largest absolute Gasteiger partial charge is 2.00 e. The molecule has 2 nitrogen and oxygen atoms in total. The number of carboxylic acids is 1. The number of carboxylic acid groups (broad SMARTS) is 1. The predicted octanol–water partition coefficient (Wildman–Crippen LogP) is 4.90. The molecular weight excluding hydrogens is 328 g/mol. The summed E-state index contributed by atoms with van der Waals surface area (Å²) in [7, 11) is 0. The van der Waals surface area contributed by atoms with Gasteiger partial charge >= 0.3 is 81.4 Å². The molecule has 0 amide bonds. The first-order chi connectivity index (χ1) is 9.77. The molecule has 114 valence electrons. The molecule has 0 spiro atoms. The molecule has 0 bridgehead atoms. The molecule has 0 aliphatic rings. The van der Waals surface area contributed by atoms with Gasteiger partial charge in [-0.15, -0.1) is 0 Å². The Morgan fingerprint density at radius 2 is 1.27 bits per heavy atom. The minimum atomic E-state index is -0.909. The van der Waals surface area contributed by atoms with E-state index in [4.69, 9.17) is 5.11 Å². The fourth-order valence-electron chi connectivity index (χ4n) is 2.01. The smallest absolute Gasteiger partial charge is 0.478 e. The Bertz CT molecular complexity index is 310.